The van der Waals surface area contributed by atoms with Crippen LogP contribution >= 0.6 is 12.2 Å². The van der Waals surface area contributed by atoms with E-state index in [9.17, 15) is 10.1 Å². The van der Waals surface area contributed by atoms with Crippen molar-refractivity contribution in [2.24, 2.45) is 0 Å². The van der Waals surface area contributed by atoms with Crippen LogP contribution in [0.15, 0.2) is 55.0 Å². The van der Waals surface area contributed by atoms with Crippen molar-refractivity contribution in [3.8, 4) is 17.2 Å². The van der Waals surface area contributed by atoms with Crippen LogP contribution in [0.3, 0.4) is 0 Å². The van der Waals surface area contributed by atoms with E-state index in [2.05, 4.69) is 35.1 Å². The second-order valence-electron chi connectivity index (χ2n) is 8.35. The average molecular weight is 440 g/mol. The molecule has 2 aliphatic rings. The molecule has 0 atom stereocenters. The summed E-state index contributed by atoms with van der Waals surface area (Å²) in [6.45, 7) is 3.88. The van der Waals surface area contributed by atoms with Gasteiger partial charge in [-0.15, -0.1) is 0 Å². The van der Waals surface area contributed by atoms with Gasteiger partial charge in [0.15, 0.2) is 5.11 Å². The first-order chi connectivity index (χ1) is 15.5. The third-order valence-corrected chi connectivity index (χ3v) is 6.86. The number of nitrogens with zero attached hydrogens (tertiary/aromatic N) is 5. The molecule has 0 N–H and O–H groups in total. The van der Waals surface area contributed by atoms with E-state index < -0.39 is 5.54 Å². The Morgan fingerprint density at radius 2 is 1.81 bits per heavy atom. The Balaban J connectivity index is 1.53. The third kappa shape index (κ3) is 2.91. The first-order valence-corrected chi connectivity index (χ1v) is 10.9. The molecule has 1 aliphatic carbocycles. The molecule has 1 spiro atoms. The zero-order chi connectivity index (χ0) is 22.5. The summed E-state index contributed by atoms with van der Waals surface area (Å²) in [6, 6.07) is 14.0. The maximum Gasteiger partial charge on any atom is 0.259 e. The number of hydrogen-bond acceptors (Lipinski definition) is 5. The van der Waals surface area contributed by atoms with Crippen LogP contribution < -0.4 is 9.80 Å². The lowest BCUT2D eigenvalue weighted by Gasteiger charge is -2.43. The number of rotatable bonds is 3. The Hall–Kier alpha value is -3.63. The fourth-order valence-electron chi connectivity index (χ4n) is 4.56. The molecule has 2 fully saturated rings. The van der Waals surface area contributed by atoms with E-state index in [0.29, 0.717) is 16.5 Å². The molecule has 0 radical (unpaired) electrons. The normalized spacial score (nSPS) is 16.9. The molecule has 7 heteroatoms. The Morgan fingerprint density at radius 3 is 2.41 bits per heavy atom. The van der Waals surface area contributed by atoms with E-state index in [1.165, 1.54) is 0 Å². The predicted molar refractivity (Wildman–Crippen MR) is 127 cm³/mol. The van der Waals surface area contributed by atoms with Gasteiger partial charge in [0.05, 0.1) is 11.9 Å². The molecule has 1 aromatic carbocycles. The van der Waals surface area contributed by atoms with Gasteiger partial charge in [-0.05, 0) is 86.3 Å². The molecule has 3 aromatic rings. The van der Waals surface area contributed by atoms with E-state index in [0.717, 1.165) is 47.2 Å². The summed E-state index contributed by atoms with van der Waals surface area (Å²) in [7, 11) is 0. The van der Waals surface area contributed by atoms with Crippen LogP contribution in [0, 0.1) is 25.2 Å². The lowest BCUT2D eigenvalue weighted by molar-refractivity contribution is -0.123. The van der Waals surface area contributed by atoms with E-state index in [1.54, 1.807) is 23.4 Å². The summed E-state index contributed by atoms with van der Waals surface area (Å²) >= 11 is 5.83. The molecule has 1 aliphatic heterocycles. The summed E-state index contributed by atoms with van der Waals surface area (Å²) in [5, 5.41) is 9.64. The number of carbonyl (C=O) groups is 1. The SMILES string of the molecule is Cc1ccncc1-c1ccc(N2C(=S)N(c3cnc(C#N)c(C)c3)C(=O)C23CCC3)cc1. The summed E-state index contributed by atoms with van der Waals surface area (Å²) in [4.78, 5) is 25.6. The Kier molecular flexibility index (Phi) is 4.75. The standard InChI is InChI=1S/C25H21N5OS/c1-16-8-11-27-15-21(16)18-4-6-19(7-5-18)30-24(32)29(23(31)25(30)9-3-10-25)20-12-17(2)22(13-26)28-14-20/h4-8,11-12,14-15H,3,9-10H2,1-2H3. The zero-order valence-electron chi connectivity index (χ0n) is 17.9. The molecule has 0 unspecified atom stereocenters. The number of pyridine rings is 2. The fraction of sp³-hybridized carbons (Fsp3) is 0.240. The van der Waals surface area contributed by atoms with E-state index in [-0.39, 0.29) is 5.91 Å². The van der Waals surface area contributed by atoms with Gasteiger partial charge in [0, 0.05) is 23.6 Å². The third-order valence-electron chi connectivity index (χ3n) is 6.50. The molecule has 6 nitrogen and oxygen atoms in total. The van der Waals surface area contributed by atoms with Crippen molar-refractivity contribution < 1.29 is 4.79 Å². The van der Waals surface area contributed by atoms with Crippen LogP contribution in [-0.2, 0) is 4.79 Å². The van der Waals surface area contributed by atoms with Crippen molar-refractivity contribution in [3.63, 3.8) is 0 Å². The van der Waals surface area contributed by atoms with E-state index in [4.69, 9.17) is 12.2 Å². The van der Waals surface area contributed by atoms with Crippen LogP contribution in [0.5, 0.6) is 0 Å². The van der Waals surface area contributed by atoms with Crippen LogP contribution in [0.1, 0.15) is 36.1 Å². The monoisotopic (exact) mass is 439 g/mol. The molecule has 32 heavy (non-hydrogen) atoms. The van der Waals surface area contributed by atoms with Crippen LogP contribution in [0.2, 0.25) is 0 Å². The number of aromatic nitrogens is 2. The Bertz CT molecular complexity index is 1290. The van der Waals surface area contributed by atoms with Crippen LogP contribution in [0.4, 0.5) is 11.4 Å². The summed E-state index contributed by atoms with van der Waals surface area (Å²) in [6.07, 6.45) is 7.71. The predicted octanol–water partition coefficient (Wildman–Crippen LogP) is 4.69. The highest BCUT2D eigenvalue weighted by molar-refractivity contribution is 7.81. The average Bonchev–Trinajstić information content (AvgIpc) is 3.01. The smallest absolute Gasteiger partial charge is 0.259 e. The van der Waals surface area contributed by atoms with Crippen molar-refractivity contribution in [1.82, 2.24) is 9.97 Å². The number of aryl methyl sites for hydroxylation is 2. The largest absolute Gasteiger partial charge is 0.303 e. The van der Waals surface area contributed by atoms with Gasteiger partial charge in [0.2, 0.25) is 0 Å². The minimum Gasteiger partial charge on any atom is -0.303 e. The maximum atomic E-state index is 13.6. The van der Waals surface area contributed by atoms with E-state index >= 15 is 0 Å². The molecule has 1 saturated carbocycles. The van der Waals surface area contributed by atoms with Gasteiger partial charge in [0.25, 0.3) is 5.91 Å². The van der Waals surface area contributed by atoms with Crippen molar-refractivity contribution >= 4 is 34.6 Å². The number of nitriles is 1. The maximum absolute atomic E-state index is 13.6. The molecular formula is C25H21N5OS. The minimum absolute atomic E-state index is 0.0214. The molecule has 0 bridgehead atoms. The van der Waals surface area contributed by atoms with Gasteiger partial charge in [-0.2, -0.15) is 5.26 Å². The number of thiocarbonyl (C=S) groups is 1. The molecule has 1 amide bonds. The fourth-order valence-corrected chi connectivity index (χ4v) is 5.03. The lowest BCUT2D eigenvalue weighted by atomic mass is 9.75. The van der Waals surface area contributed by atoms with Crippen LogP contribution in [-0.4, -0.2) is 26.5 Å². The molecule has 1 saturated heterocycles. The Morgan fingerprint density at radius 1 is 1.06 bits per heavy atom. The highest BCUT2D eigenvalue weighted by atomic mass is 32.1. The molecule has 5 rings (SSSR count). The number of carbonyl (C=O) groups excluding carboxylic acids is 1. The van der Waals surface area contributed by atoms with Gasteiger partial charge >= 0.3 is 0 Å². The molecule has 158 valence electrons. The van der Waals surface area contributed by atoms with Gasteiger partial charge in [-0.25, -0.2) is 4.98 Å². The number of benzene rings is 1. The van der Waals surface area contributed by atoms with Crippen molar-refractivity contribution in [3.05, 3.63) is 71.8 Å². The zero-order valence-corrected chi connectivity index (χ0v) is 18.7. The quantitative estimate of drug-likeness (QED) is 0.551. The molecule has 3 heterocycles. The number of anilines is 2. The number of amides is 1. The first kappa shape index (κ1) is 20.3. The van der Waals surface area contributed by atoms with Gasteiger partial charge in [-0.1, -0.05) is 12.1 Å². The summed E-state index contributed by atoms with van der Waals surface area (Å²) in [5.41, 5.74) is 5.23. The Labute approximate surface area is 192 Å². The summed E-state index contributed by atoms with van der Waals surface area (Å²) < 4.78 is 0. The molecule has 2 aromatic heterocycles. The van der Waals surface area contributed by atoms with Crippen LogP contribution in [0.25, 0.3) is 11.1 Å². The second kappa shape index (κ2) is 7.50. The van der Waals surface area contributed by atoms with E-state index in [1.807, 2.05) is 36.2 Å². The number of hydrogen-bond donors (Lipinski definition) is 0. The summed E-state index contributed by atoms with van der Waals surface area (Å²) in [5.74, 6) is -0.0214. The highest BCUT2D eigenvalue weighted by Gasteiger charge is 2.59. The minimum atomic E-state index is -0.648. The van der Waals surface area contributed by atoms with Gasteiger partial charge in [0.1, 0.15) is 17.3 Å². The van der Waals surface area contributed by atoms with Gasteiger partial charge in [-0.3, -0.25) is 14.7 Å². The second-order valence-corrected chi connectivity index (χ2v) is 8.72. The lowest BCUT2D eigenvalue weighted by Crippen LogP contribution is -2.55. The highest BCUT2D eigenvalue weighted by Crippen LogP contribution is 2.48. The molecular weight excluding hydrogens is 418 g/mol. The van der Waals surface area contributed by atoms with Crippen molar-refractivity contribution in [1.29, 1.82) is 5.26 Å². The first-order valence-electron chi connectivity index (χ1n) is 10.5. The van der Waals surface area contributed by atoms with Crippen molar-refractivity contribution in [2.75, 3.05) is 9.80 Å². The van der Waals surface area contributed by atoms with Gasteiger partial charge < -0.3 is 4.90 Å². The van der Waals surface area contributed by atoms with Crippen molar-refractivity contribution in [2.45, 2.75) is 38.6 Å². The topological polar surface area (TPSA) is 73.1 Å².